The molecule has 1 amide bonds. The number of nitrogens with one attached hydrogen (secondary N) is 2. The van der Waals surface area contributed by atoms with Crippen LogP contribution in [0.1, 0.15) is 18.4 Å². The van der Waals surface area contributed by atoms with Crippen molar-refractivity contribution >= 4 is 11.6 Å². The molecule has 3 rings (SSSR count). The maximum atomic E-state index is 12.1. The second kappa shape index (κ2) is 6.84. The van der Waals surface area contributed by atoms with E-state index in [2.05, 4.69) is 29.6 Å². The molecular formula is C19H24N3O+. The van der Waals surface area contributed by atoms with E-state index in [1.807, 2.05) is 36.4 Å². The number of carbonyl (C=O) groups is 1. The van der Waals surface area contributed by atoms with Gasteiger partial charge in [-0.05, 0) is 12.1 Å². The Kier molecular flexibility index (Phi) is 4.63. The molecule has 4 heteroatoms. The van der Waals surface area contributed by atoms with Crippen molar-refractivity contribution in [2.45, 2.75) is 24.9 Å². The van der Waals surface area contributed by atoms with Crippen LogP contribution in [0.3, 0.4) is 0 Å². The van der Waals surface area contributed by atoms with E-state index in [0.717, 1.165) is 38.2 Å². The summed E-state index contributed by atoms with van der Waals surface area (Å²) in [6.07, 6.45) is 1.53. The molecular weight excluding hydrogens is 286 g/mol. The Hall–Kier alpha value is -2.33. The number of primary amides is 1. The molecule has 0 unspecified atom stereocenters. The van der Waals surface area contributed by atoms with Gasteiger partial charge in [-0.1, -0.05) is 48.5 Å². The first-order valence-electron chi connectivity index (χ1n) is 8.19. The fourth-order valence-corrected chi connectivity index (χ4v) is 3.32. The van der Waals surface area contributed by atoms with Crippen LogP contribution in [0, 0.1) is 0 Å². The highest BCUT2D eigenvalue weighted by Crippen LogP contribution is 2.23. The lowest BCUT2D eigenvalue weighted by Gasteiger charge is -2.38. The first-order chi connectivity index (χ1) is 11.2. The number of piperidine rings is 1. The van der Waals surface area contributed by atoms with E-state index in [1.54, 1.807) is 0 Å². The van der Waals surface area contributed by atoms with Crippen LogP contribution < -0.4 is 16.0 Å². The molecule has 2 aromatic carbocycles. The van der Waals surface area contributed by atoms with Gasteiger partial charge in [0.05, 0.1) is 13.1 Å². The van der Waals surface area contributed by atoms with Gasteiger partial charge in [0.15, 0.2) is 0 Å². The minimum absolute atomic E-state index is 0.250. The quantitative estimate of drug-likeness (QED) is 0.777. The summed E-state index contributed by atoms with van der Waals surface area (Å²) in [6, 6.07) is 20.4. The number of hydrogen-bond donors (Lipinski definition) is 3. The third-order valence-electron chi connectivity index (χ3n) is 4.74. The van der Waals surface area contributed by atoms with Crippen molar-refractivity contribution in [1.29, 1.82) is 0 Å². The molecule has 120 valence electrons. The van der Waals surface area contributed by atoms with Crippen LogP contribution in [-0.2, 0) is 11.3 Å². The number of hydrogen-bond acceptors (Lipinski definition) is 2. The average Bonchev–Trinajstić information content (AvgIpc) is 2.58. The molecule has 0 bridgehead atoms. The fourth-order valence-electron chi connectivity index (χ4n) is 3.32. The van der Waals surface area contributed by atoms with Gasteiger partial charge in [-0.3, -0.25) is 4.79 Å². The monoisotopic (exact) mass is 310 g/mol. The largest absolute Gasteiger partial charge is 0.371 e. The molecule has 0 radical (unpaired) electrons. The molecule has 0 atom stereocenters. The lowest BCUT2D eigenvalue weighted by atomic mass is 9.86. The van der Waals surface area contributed by atoms with Gasteiger partial charge in [0.2, 0.25) is 5.91 Å². The summed E-state index contributed by atoms with van der Waals surface area (Å²) < 4.78 is 0. The van der Waals surface area contributed by atoms with Gasteiger partial charge in [0.25, 0.3) is 0 Å². The number of nitrogens with two attached hydrogens (primary N) is 1. The minimum atomic E-state index is -0.623. The molecule has 1 fully saturated rings. The SMILES string of the molecule is NC(=O)C1(Nc2ccccc2)CC[NH+](Cc2ccccc2)CC1. The average molecular weight is 310 g/mol. The van der Waals surface area contributed by atoms with E-state index < -0.39 is 5.54 Å². The zero-order chi connectivity index (χ0) is 16.1. The van der Waals surface area contributed by atoms with E-state index in [-0.39, 0.29) is 5.91 Å². The molecule has 0 spiro atoms. The number of benzene rings is 2. The van der Waals surface area contributed by atoms with Crippen LogP contribution in [0.15, 0.2) is 60.7 Å². The summed E-state index contributed by atoms with van der Waals surface area (Å²) >= 11 is 0. The van der Waals surface area contributed by atoms with Crippen LogP contribution in [0.25, 0.3) is 0 Å². The molecule has 1 aliphatic rings. The third kappa shape index (κ3) is 3.71. The summed E-state index contributed by atoms with van der Waals surface area (Å²) in [5.41, 5.74) is 7.41. The highest BCUT2D eigenvalue weighted by molar-refractivity contribution is 5.88. The number of rotatable bonds is 5. The lowest BCUT2D eigenvalue weighted by Crippen LogP contribution is -3.12. The molecule has 4 N–H and O–H groups in total. The van der Waals surface area contributed by atoms with Crippen LogP contribution in [0.4, 0.5) is 5.69 Å². The Morgan fingerprint density at radius 1 is 1.00 bits per heavy atom. The number of anilines is 1. The Bertz CT molecular complexity index is 634. The first kappa shape index (κ1) is 15.6. The van der Waals surface area contributed by atoms with Gasteiger partial charge >= 0.3 is 0 Å². The number of carbonyl (C=O) groups excluding carboxylic acids is 1. The predicted molar refractivity (Wildman–Crippen MR) is 92.1 cm³/mol. The Balaban J connectivity index is 1.65. The molecule has 1 heterocycles. The standard InChI is InChI=1S/C19H23N3O/c20-18(23)19(21-17-9-5-2-6-10-17)11-13-22(14-12-19)15-16-7-3-1-4-8-16/h1-10,21H,11-15H2,(H2,20,23)/p+1. The molecule has 1 saturated heterocycles. The first-order valence-corrected chi connectivity index (χ1v) is 8.19. The number of likely N-dealkylation sites (tertiary alicyclic amines) is 1. The topological polar surface area (TPSA) is 59.6 Å². The van der Waals surface area contributed by atoms with Crippen molar-refractivity contribution < 1.29 is 9.69 Å². The van der Waals surface area contributed by atoms with Crippen molar-refractivity contribution in [1.82, 2.24) is 0 Å². The molecule has 0 aliphatic carbocycles. The van der Waals surface area contributed by atoms with Crippen molar-refractivity contribution in [3.63, 3.8) is 0 Å². The highest BCUT2D eigenvalue weighted by Gasteiger charge is 2.41. The molecule has 0 aromatic heterocycles. The summed E-state index contributed by atoms with van der Waals surface area (Å²) in [5.74, 6) is -0.250. The summed E-state index contributed by atoms with van der Waals surface area (Å²) in [6.45, 7) is 2.89. The van der Waals surface area contributed by atoms with Gasteiger partial charge in [0.1, 0.15) is 12.1 Å². The molecule has 2 aromatic rings. The second-order valence-electron chi connectivity index (χ2n) is 6.35. The van der Waals surface area contributed by atoms with Crippen LogP contribution >= 0.6 is 0 Å². The van der Waals surface area contributed by atoms with E-state index in [9.17, 15) is 4.79 Å². The fraction of sp³-hybridized carbons (Fsp3) is 0.316. The van der Waals surface area contributed by atoms with Crippen molar-refractivity contribution in [2.75, 3.05) is 18.4 Å². The number of quaternary nitrogens is 1. The van der Waals surface area contributed by atoms with Crippen LogP contribution in [0.5, 0.6) is 0 Å². The van der Waals surface area contributed by atoms with Crippen LogP contribution in [-0.4, -0.2) is 24.5 Å². The lowest BCUT2D eigenvalue weighted by molar-refractivity contribution is -0.919. The van der Waals surface area contributed by atoms with Gasteiger partial charge in [-0.15, -0.1) is 0 Å². The number of amides is 1. The van der Waals surface area contributed by atoms with Gasteiger partial charge in [0, 0.05) is 24.1 Å². The molecule has 0 saturated carbocycles. The number of para-hydroxylation sites is 1. The van der Waals surface area contributed by atoms with Gasteiger partial charge in [-0.2, -0.15) is 0 Å². The zero-order valence-electron chi connectivity index (χ0n) is 13.3. The Morgan fingerprint density at radius 2 is 1.57 bits per heavy atom. The summed E-state index contributed by atoms with van der Waals surface area (Å²) in [5, 5.41) is 3.39. The van der Waals surface area contributed by atoms with E-state index in [4.69, 9.17) is 5.73 Å². The molecule has 1 aliphatic heterocycles. The predicted octanol–water partition coefficient (Wildman–Crippen LogP) is 1.20. The van der Waals surface area contributed by atoms with Crippen molar-refractivity contribution in [3.05, 3.63) is 66.2 Å². The minimum Gasteiger partial charge on any atom is -0.371 e. The molecule has 4 nitrogen and oxygen atoms in total. The van der Waals surface area contributed by atoms with E-state index in [0.29, 0.717) is 0 Å². The summed E-state index contributed by atoms with van der Waals surface area (Å²) in [7, 11) is 0. The van der Waals surface area contributed by atoms with Gasteiger partial charge < -0.3 is 16.0 Å². The normalized spacial score (nSPS) is 24.1. The maximum absolute atomic E-state index is 12.1. The maximum Gasteiger partial charge on any atom is 0.243 e. The van der Waals surface area contributed by atoms with E-state index >= 15 is 0 Å². The zero-order valence-corrected chi connectivity index (χ0v) is 13.3. The third-order valence-corrected chi connectivity index (χ3v) is 4.74. The Morgan fingerprint density at radius 3 is 2.13 bits per heavy atom. The second-order valence-corrected chi connectivity index (χ2v) is 6.35. The highest BCUT2D eigenvalue weighted by atomic mass is 16.1. The summed E-state index contributed by atoms with van der Waals surface area (Å²) in [4.78, 5) is 13.6. The van der Waals surface area contributed by atoms with Crippen molar-refractivity contribution in [3.8, 4) is 0 Å². The smallest absolute Gasteiger partial charge is 0.243 e. The van der Waals surface area contributed by atoms with Crippen molar-refractivity contribution in [2.24, 2.45) is 5.73 Å². The van der Waals surface area contributed by atoms with Crippen LogP contribution in [0.2, 0.25) is 0 Å². The van der Waals surface area contributed by atoms with Gasteiger partial charge in [-0.25, -0.2) is 0 Å². The van der Waals surface area contributed by atoms with E-state index in [1.165, 1.54) is 10.5 Å². The Labute approximate surface area is 137 Å². The molecule has 23 heavy (non-hydrogen) atoms.